The Labute approximate surface area is 94.6 Å². The lowest BCUT2D eigenvalue weighted by atomic mass is 10.4. The van der Waals surface area contributed by atoms with Crippen molar-refractivity contribution in [3.8, 4) is 0 Å². The molecule has 0 radical (unpaired) electrons. The molecular formula is C10H17N5O. The van der Waals surface area contributed by atoms with E-state index in [2.05, 4.69) is 9.98 Å². The molecule has 0 amide bonds. The second-order valence-corrected chi connectivity index (χ2v) is 3.55. The first-order chi connectivity index (χ1) is 7.49. The lowest BCUT2D eigenvalue weighted by Gasteiger charge is -2.09. The van der Waals surface area contributed by atoms with Gasteiger partial charge in [0.1, 0.15) is 18.1 Å². The van der Waals surface area contributed by atoms with Crippen molar-refractivity contribution in [3.63, 3.8) is 0 Å². The van der Waals surface area contributed by atoms with Crippen LogP contribution in [0, 0.1) is 6.92 Å². The van der Waals surface area contributed by atoms with Crippen molar-refractivity contribution in [2.75, 3.05) is 14.1 Å². The second kappa shape index (κ2) is 5.20. The molecule has 6 nitrogen and oxygen atoms in total. The maximum atomic E-state index is 5.58. The quantitative estimate of drug-likeness (QED) is 0.556. The van der Waals surface area contributed by atoms with E-state index in [0.29, 0.717) is 12.5 Å². The van der Waals surface area contributed by atoms with E-state index in [1.165, 1.54) is 0 Å². The number of furan rings is 1. The Kier molecular flexibility index (Phi) is 3.93. The Morgan fingerprint density at radius 1 is 1.38 bits per heavy atom. The van der Waals surface area contributed by atoms with E-state index in [-0.39, 0.29) is 5.96 Å². The summed E-state index contributed by atoms with van der Waals surface area (Å²) >= 11 is 0. The van der Waals surface area contributed by atoms with Crippen molar-refractivity contribution in [1.82, 2.24) is 4.90 Å². The minimum atomic E-state index is 0.139. The van der Waals surface area contributed by atoms with Crippen LogP contribution >= 0.6 is 0 Å². The number of nitrogens with two attached hydrogens (primary N) is 2. The van der Waals surface area contributed by atoms with Gasteiger partial charge in [0.15, 0.2) is 5.96 Å². The fourth-order valence-electron chi connectivity index (χ4n) is 0.982. The first kappa shape index (κ1) is 12.1. The van der Waals surface area contributed by atoms with Gasteiger partial charge >= 0.3 is 0 Å². The molecule has 0 atom stereocenters. The van der Waals surface area contributed by atoms with E-state index < -0.39 is 0 Å². The smallest absolute Gasteiger partial charge is 0.219 e. The number of nitrogens with zero attached hydrogens (tertiary/aromatic N) is 3. The van der Waals surface area contributed by atoms with Crippen LogP contribution in [0.25, 0.3) is 0 Å². The number of guanidine groups is 2. The van der Waals surface area contributed by atoms with Crippen LogP contribution in [-0.4, -0.2) is 30.9 Å². The van der Waals surface area contributed by atoms with Gasteiger partial charge in [-0.25, -0.2) is 4.99 Å². The van der Waals surface area contributed by atoms with Crippen LogP contribution in [0.15, 0.2) is 26.5 Å². The van der Waals surface area contributed by atoms with Crippen LogP contribution in [0.3, 0.4) is 0 Å². The van der Waals surface area contributed by atoms with Crippen LogP contribution in [-0.2, 0) is 6.54 Å². The van der Waals surface area contributed by atoms with Crippen molar-refractivity contribution < 1.29 is 4.42 Å². The lowest BCUT2D eigenvalue weighted by Crippen LogP contribution is -2.32. The zero-order valence-corrected chi connectivity index (χ0v) is 9.77. The minimum absolute atomic E-state index is 0.139. The van der Waals surface area contributed by atoms with E-state index in [1.54, 1.807) is 19.0 Å². The zero-order valence-electron chi connectivity index (χ0n) is 9.77. The average Bonchev–Trinajstić information content (AvgIpc) is 2.61. The molecule has 1 aromatic heterocycles. The standard InChI is InChI=1S/C10H17N5O/c1-7-4-5-8(16-7)6-13-9(11)14-10(12)15(2)3/h4-5H,6H2,1-3H3,(H4,11,12,13,14). The number of aliphatic imine (C=N–C) groups is 2. The molecule has 0 saturated carbocycles. The van der Waals surface area contributed by atoms with Crippen molar-refractivity contribution in [3.05, 3.63) is 23.7 Å². The Morgan fingerprint density at radius 2 is 2.06 bits per heavy atom. The van der Waals surface area contributed by atoms with Gasteiger partial charge in [-0.1, -0.05) is 0 Å². The highest BCUT2D eigenvalue weighted by Gasteiger charge is 1.98. The molecule has 0 spiro atoms. The molecule has 0 aliphatic carbocycles. The molecule has 0 bridgehead atoms. The van der Waals surface area contributed by atoms with Crippen molar-refractivity contribution in [1.29, 1.82) is 0 Å². The molecule has 16 heavy (non-hydrogen) atoms. The largest absolute Gasteiger partial charge is 0.464 e. The van der Waals surface area contributed by atoms with Gasteiger partial charge in [0, 0.05) is 14.1 Å². The number of aryl methyl sites for hydroxylation is 1. The predicted octanol–water partition coefficient (Wildman–Crippen LogP) is 0.279. The van der Waals surface area contributed by atoms with Gasteiger partial charge in [0.25, 0.3) is 0 Å². The van der Waals surface area contributed by atoms with Crippen LogP contribution in [0.1, 0.15) is 11.5 Å². The van der Waals surface area contributed by atoms with E-state index in [0.717, 1.165) is 11.5 Å². The molecular weight excluding hydrogens is 206 g/mol. The average molecular weight is 223 g/mol. The molecule has 0 fully saturated rings. The van der Waals surface area contributed by atoms with E-state index in [4.69, 9.17) is 15.9 Å². The fourth-order valence-corrected chi connectivity index (χ4v) is 0.982. The first-order valence-corrected chi connectivity index (χ1v) is 4.85. The summed E-state index contributed by atoms with van der Waals surface area (Å²) in [7, 11) is 3.56. The molecule has 0 aliphatic rings. The third-order valence-corrected chi connectivity index (χ3v) is 1.88. The van der Waals surface area contributed by atoms with E-state index in [1.807, 2.05) is 19.1 Å². The van der Waals surface area contributed by atoms with Gasteiger partial charge in [0.05, 0.1) is 0 Å². The molecule has 1 aromatic rings. The van der Waals surface area contributed by atoms with Crippen LogP contribution in [0.5, 0.6) is 0 Å². The molecule has 6 heteroatoms. The van der Waals surface area contributed by atoms with E-state index >= 15 is 0 Å². The zero-order chi connectivity index (χ0) is 12.1. The van der Waals surface area contributed by atoms with Gasteiger partial charge in [-0.2, -0.15) is 4.99 Å². The van der Waals surface area contributed by atoms with Crippen LogP contribution in [0.4, 0.5) is 0 Å². The van der Waals surface area contributed by atoms with Crippen molar-refractivity contribution in [2.24, 2.45) is 21.5 Å². The summed E-state index contributed by atoms with van der Waals surface area (Å²) in [6, 6.07) is 3.73. The fraction of sp³-hybridized carbons (Fsp3) is 0.400. The molecule has 88 valence electrons. The van der Waals surface area contributed by atoms with Crippen LogP contribution in [0.2, 0.25) is 0 Å². The molecule has 1 heterocycles. The third kappa shape index (κ3) is 3.64. The molecule has 0 unspecified atom stereocenters. The van der Waals surface area contributed by atoms with E-state index in [9.17, 15) is 0 Å². The summed E-state index contributed by atoms with van der Waals surface area (Å²) in [5.41, 5.74) is 11.2. The number of rotatable bonds is 2. The van der Waals surface area contributed by atoms with Gasteiger partial charge in [-0.3, -0.25) is 0 Å². The van der Waals surface area contributed by atoms with Crippen LogP contribution < -0.4 is 11.5 Å². The minimum Gasteiger partial charge on any atom is -0.464 e. The Bertz CT molecular complexity index is 405. The SMILES string of the molecule is Cc1ccc(CN=C(N)/N=C(\N)N(C)C)o1. The summed E-state index contributed by atoms with van der Waals surface area (Å²) in [5, 5.41) is 0. The highest BCUT2D eigenvalue weighted by Crippen LogP contribution is 2.06. The molecule has 4 N–H and O–H groups in total. The highest BCUT2D eigenvalue weighted by atomic mass is 16.3. The summed E-state index contributed by atoms with van der Waals surface area (Å²) in [5.74, 6) is 2.05. The highest BCUT2D eigenvalue weighted by molar-refractivity contribution is 5.92. The number of hydrogen-bond acceptors (Lipinski definition) is 2. The molecule has 0 saturated heterocycles. The molecule has 0 aromatic carbocycles. The first-order valence-electron chi connectivity index (χ1n) is 4.85. The monoisotopic (exact) mass is 223 g/mol. The molecule has 0 aliphatic heterocycles. The normalized spacial score (nSPS) is 12.9. The van der Waals surface area contributed by atoms with Gasteiger partial charge in [-0.15, -0.1) is 0 Å². The lowest BCUT2D eigenvalue weighted by molar-refractivity contribution is 0.486. The van der Waals surface area contributed by atoms with Gasteiger partial charge in [-0.05, 0) is 19.1 Å². The molecule has 1 rings (SSSR count). The van der Waals surface area contributed by atoms with Gasteiger partial charge in [0.2, 0.25) is 5.96 Å². The Balaban J connectivity index is 2.61. The topological polar surface area (TPSA) is 93.1 Å². The second-order valence-electron chi connectivity index (χ2n) is 3.55. The maximum Gasteiger partial charge on any atom is 0.219 e. The van der Waals surface area contributed by atoms with Gasteiger partial charge < -0.3 is 20.8 Å². The summed E-state index contributed by atoms with van der Waals surface area (Å²) in [6.45, 7) is 2.24. The summed E-state index contributed by atoms with van der Waals surface area (Å²) in [6.07, 6.45) is 0. The number of hydrogen-bond donors (Lipinski definition) is 2. The summed E-state index contributed by atoms with van der Waals surface area (Å²) < 4.78 is 5.33. The Morgan fingerprint density at radius 3 is 2.56 bits per heavy atom. The Hall–Kier alpha value is -1.98. The third-order valence-electron chi connectivity index (χ3n) is 1.88. The van der Waals surface area contributed by atoms with Crippen molar-refractivity contribution >= 4 is 11.9 Å². The predicted molar refractivity (Wildman–Crippen MR) is 64.1 cm³/mol. The summed E-state index contributed by atoms with van der Waals surface area (Å²) in [4.78, 5) is 9.59. The van der Waals surface area contributed by atoms with Crippen molar-refractivity contribution in [2.45, 2.75) is 13.5 Å². The maximum absolute atomic E-state index is 5.58.